The second-order valence-corrected chi connectivity index (χ2v) is 114. The maximum atomic E-state index is 3.34. The van der Waals surface area contributed by atoms with Crippen LogP contribution in [0.4, 0.5) is 0 Å². The van der Waals surface area contributed by atoms with E-state index in [1.807, 2.05) is 0 Å². The predicted molar refractivity (Wildman–Crippen MR) is 60.7 cm³/mol. The topological polar surface area (TPSA) is 0 Å². The second-order valence-electron chi connectivity index (χ2n) is 0.714. The molecular weight excluding hydrogens is 621 g/mol. The molecule has 0 heterocycles. The van der Waals surface area contributed by atoms with Crippen LogP contribution >= 0.6 is 81.7 Å². The molecule has 0 nitrogen and oxygen atoms in total. The molecule has 0 saturated carbocycles. The first-order valence-corrected chi connectivity index (χ1v) is 23.2. The zero-order valence-electron chi connectivity index (χ0n) is 2.60. The Kier molecular flexibility index (Phi) is 7.24. The number of hydrogen-bond acceptors (Lipinski definition) is 0. The standard InChI is InChI=1S/6BrH.K.Rh.H/h6*1H;;;/q;;;;;;;+6;/p-6. The van der Waals surface area contributed by atoms with Crippen LogP contribution in [0.1, 0.15) is 0 Å². The molecule has 8 heteroatoms. The third-order valence-electron chi connectivity index (χ3n) is 0. The Morgan fingerprint density at radius 3 is 0.625 bits per heavy atom. The molecular formula is HBr6KRh. The molecule has 0 rings (SSSR count). The molecule has 0 radical (unpaired) electrons. The molecule has 0 bridgehead atoms. The van der Waals surface area contributed by atoms with E-state index in [0.717, 1.165) is 0 Å². The van der Waals surface area contributed by atoms with Gasteiger partial charge in [0.05, 0.1) is 0 Å². The molecule has 0 aromatic heterocycles. The van der Waals surface area contributed by atoms with E-state index in [0.29, 0.717) is 0 Å². The average Bonchev–Trinajstić information content (AvgIpc) is 0.592. The van der Waals surface area contributed by atoms with Crippen molar-refractivity contribution >= 4 is 133 Å². The summed E-state index contributed by atoms with van der Waals surface area (Å²) in [5.74, 6) is 0. The van der Waals surface area contributed by atoms with Gasteiger partial charge in [-0.1, -0.05) is 0 Å². The van der Waals surface area contributed by atoms with Crippen LogP contribution in [0.2, 0.25) is 0 Å². The Morgan fingerprint density at radius 1 is 0.625 bits per heavy atom. The van der Waals surface area contributed by atoms with Gasteiger partial charge in [-0.25, -0.2) is 0 Å². The third kappa shape index (κ3) is 43.4. The van der Waals surface area contributed by atoms with Crippen LogP contribution in [0.5, 0.6) is 0 Å². The summed E-state index contributed by atoms with van der Waals surface area (Å²) in [6.45, 7) is 0. The summed E-state index contributed by atoms with van der Waals surface area (Å²) in [6.07, 6.45) is 0. The van der Waals surface area contributed by atoms with E-state index in [-0.39, 0.29) is 51.4 Å². The van der Waals surface area contributed by atoms with Gasteiger partial charge in [0.15, 0.2) is 0 Å². The molecule has 0 unspecified atom stereocenters. The van der Waals surface area contributed by atoms with Crippen molar-refractivity contribution in [3.63, 3.8) is 0 Å². The molecule has 0 fully saturated rings. The number of hydrogen-bond donors (Lipinski definition) is 0. The van der Waals surface area contributed by atoms with Crippen LogP contribution in [-0.4, -0.2) is 51.4 Å². The van der Waals surface area contributed by atoms with Crippen molar-refractivity contribution in [2.24, 2.45) is 0 Å². The first-order valence-electron chi connectivity index (χ1n) is 0.756. The molecule has 0 aliphatic heterocycles. The average molecular weight is 622 g/mol. The summed E-state index contributed by atoms with van der Waals surface area (Å²) in [6, 6.07) is 0. The number of halogens is 6. The van der Waals surface area contributed by atoms with E-state index in [1.165, 1.54) is 0 Å². The van der Waals surface area contributed by atoms with Crippen molar-refractivity contribution in [2.75, 3.05) is 0 Å². The van der Waals surface area contributed by atoms with Gasteiger partial charge in [0.1, 0.15) is 0 Å². The van der Waals surface area contributed by atoms with Gasteiger partial charge in [0, 0.05) is 0 Å². The monoisotopic (exact) mass is 616 g/mol. The SMILES string of the molecule is [Br][Rh]([Br])([Br])([Br])([Br])[Br].[KH]. The number of rotatable bonds is 0. The first-order chi connectivity index (χ1) is 2.45. The van der Waals surface area contributed by atoms with Crippen molar-refractivity contribution < 1.29 is 0.665 Å². The molecule has 0 aliphatic rings. The Balaban J connectivity index is 0. The molecule has 0 atom stereocenters. The molecule has 0 aromatic carbocycles. The molecule has 0 aromatic rings. The summed E-state index contributed by atoms with van der Waals surface area (Å²) >= 11 is 20.0. The van der Waals surface area contributed by atoms with Crippen molar-refractivity contribution in [3.8, 4) is 0 Å². The second kappa shape index (κ2) is 3.71. The Bertz CT molecular complexity index is 67.1. The minimum absolute atomic E-state index is 0. The first kappa shape index (κ1) is 15.6. The van der Waals surface area contributed by atoms with Crippen molar-refractivity contribution in [3.05, 3.63) is 0 Å². The fourth-order valence-corrected chi connectivity index (χ4v) is 0. The molecule has 0 aliphatic carbocycles. The van der Waals surface area contributed by atoms with Gasteiger partial charge in [0.2, 0.25) is 0 Å². The van der Waals surface area contributed by atoms with Crippen molar-refractivity contribution in [1.82, 2.24) is 0 Å². The summed E-state index contributed by atoms with van der Waals surface area (Å²) in [4.78, 5) is 0. The van der Waals surface area contributed by atoms with Crippen LogP contribution in [0.25, 0.3) is 0 Å². The van der Waals surface area contributed by atoms with Gasteiger partial charge in [0.25, 0.3) is 0 Å². The van der Waals surface area contributed by atoms with E-state index in [4.69, 9.17) is 0 Å². The quantitative estimate of drug-likeness (QED) is 0.351. The van der Waals surface area contributed by atoms with E-state index < -0.39 is 0.665 Å². The predicted octanol–water partition coefficient (Wildman–Crippen LogP) is 4.42. The Labute approximate surface area is 129 Å². The molecule has 0 spiro atoms. The Morgan fingerprint density at radius 2 is 0.625 bits per heavy atom. The molecule has 0 amide bonds. The molecule has 53 valence electrons. The summed E-state index contributed by atoms with van der Waals surface area (Å²) < 4.78 is -3.11. The van der Waals surface area contributed by atoms with Gasteiger partial charge < -0.3 is 0 Å². The molecule has 0 N–H and O–H groups in total. The van der Waals surface area contributed by atoms with E-state index in [9.17, 15) is 0 Å². The zero-order chi connectivity index (χ0) is 6.41. The van der Waals surface area contributed by atoms with Gasteiger partial charge in [-0.15, -0.1) is 0 Å². The van der Waals surface area contributed by atoms with E-state index in [1.54, 1.807) is 0 Å². The summed E-state index contributed by atoms with van der Waals surface area (Å²) in [5, 5.41) is 0. The summed E-state index contributed by atoms with van der Waals surface area (Å²) in [5.41, 5.74) is 0. The molecule has 8 heavy (non-hydrogen) atoms. The van der Waals surface area contributed by atoms with Crippen LogP contribution < -0.4 is 0 Å². The van der Waals surface area contributed by atoms with E-state index >= 15 is 0 Å². The van der Waals surface area contributed by atoms with Gasteiger partial charge in [-0.3, -0.25) is 0 Å². The minimum atomic E-state index is -3.11. The van der Waals surface area contributed by atoms with Crippen LogP contribution in [-0.2, 0) is 0.665 Å². The van der Waals surface area contributed by atoms with Crippen LogP contribution in [0, 0.1) is 0 Å². The van der Waals surface area contributed by atoms with E-state index in [2.05, 4.69) is 81.7 Å². The fourth-order valence-electron chi connectivity index (χ4n) is 0. The normalized spacial score (nSPS) is 20.2. The fraction of sp³-hybridized carbons (Fsp3) is 0. The van der Waals surface area contributed by atoms with Crippen molar-refractivity contribution in [1.29, 1.82) is 0 Å². The maximum absolute atomic E-state index is 3.34. The molecule has 0 saturated heterocycles. The van der Waals surface area contributed by atoms with Crippen molar-refractivity contribution in [2.45, 2.75) is 0 Å². The van der Waals surface area contributed by atoms with Crippen LogP contribution in [0.15, 0.2) is 0 Å². The Hall–Kier alpha value is 5.14. The van der Waals surface area contributed by atoms with Gasteiger partial charge >= 0.3 is 134 Å². The third-order valence-corrected chi connectivity index (χ3v) is 0. The summed E-state index contributed by atoms with van der Waals surface area (Å²) in [7, 11) is 0. The van der Waals surface area contributed by atoms with Gasteiger partial charge in [-0.05, 0) is 0 Å². The van der Waals surface area contributed by atoms with Gasteiger partial charge in [-0.2, -0.15) is 0 Å². The van der Waals surface area contributed by atoms with Crippen LogP contribution in [0.3, 0.4) is 0 Å². The zero-order valence-corrected chi connectivity index (χ0v) is 13.8.